The number of nitrogens with one attached hydrogen (secondary N) is 1. The summed E-state index contributed by atoms with van der Waals surface area (Å²) >= 11 is 0. The van der Waals surface area contributed by atoms with E-state index >= 15 is 0 Å². The highest BCUT2D eigenvalue weighted by atomic mass is 19.4. The SMILES string of the molecule is CC(C)c1cccc2c(NCCCN(C)C)nc(-c3cc(-c4ccccc4)cc(C(F)(F)F)c3)nc12. The summed E-state index contributed by atoms with van der Waals surface area (Å²) in [6.07, 6.45) is -3.59. The van der Waals surface area contributed by atoms with Crippen LogP contribution in [-0.2, 0) is 6.18 Å². The second kappa shape index (κ2) is 10.7. The van der Waals surface area contributed by atoms with Crippen molar-refractivity contribution in [1.29, 1.82) is 0 Å². The van der Waals surface area contributed by atoms with Gasteiger partial charge < -0.3 is 10.2 Å². The molecule has 0 unspecified atom stereocenters. The fourth-order valence-electron chi connectivity index (χ4n) is 4.22. The van der Waals surface area contributed by atoms with E-state index in [1.807, 2.05) is 50.5 Å². The number of nitrogens with zero attached hydrogens (tertiary/aromatic N) is 3. The van der Waals surface area contributed by atoms with E-state index in [2.05, 4.69) is 24.1 Å². The van der Waals surface area contributed by atoms with Gasteiger partial charge in [-0.3, -0.25) is 0 Å². The van der Waals surface area contributed by atoms with Gasteiger partial charge in [0.2, 0.25) is 0 Å². The molecule has 0 aliphatic carbocycles. The molecule has 0 radical (unpaired) electrons. The van der Waals surface area contributed by atoms with E-state index in [0.29, 0.717) is 29.1 Å². The number of hydrogen-bond donors (Lipinski definition) is 1. The number of benzene rings is 3. The standard InChI is InChI=1S/C29H31F3N4/c1-19(2)24-12-8-13-25-26(24)34-27(35-28(25)33-14-9-15-36(3)4)22-16-21(20-10-6-5-7-11-20)17-23(18-22)29(30,31)32/h5-8,10-13,16-19H,9,14-15H2,1-4H3,(H,33,34,35). The van der Waals surface area contributed by atoms with Crippen LogP contribution < -0.4 is 5.32 Å². The molecule has 0 saturated carbocycles. The van der Waals surface area contributed by atoms with E-state index in [1.54, 1.807) is 18.2 Å². The molecule has 0 bridgehead atoms. The molecule has 0 amide bonds. The number of anilines is 1. The first-order valence-electron chi connectivity index (χ1n) is 12.1. The second-order valence-corrected chi connectivity index (χ2v) is 9.54. The normalized spacial score (nSPS) is 12.0. The van der Waals surface area contributed by atoms with Crippen LogP contribution >= 0.6 is 0 Å². The molecule has 0 aliphatic rings. The summed E-state index contributed by atoms with van der Waals surface area (Å²) in [5.74, 6) is 1.10. The van der Waals surface area contributed by atoms with Gasteiger partial charge in [0.15, 0.2) is 5.82 Å². The van der Waals surface area contributed by atoms with Crippen LogP contribution in [0.15, 0.2) is 66.7 Å². The van der Waals surface area contributed by atoms with Gasteiger partial charge in [-0.25, -0.2) is 9.97 Å². The molecule has 0 aliphatic heterocycles. The minimum Gasteiger partial charge on any atom is -0.369 e. The lowest BCUT2D eigenvalue weighted by atomic mass is 9.98. The minimum atomic E-state index is -4.49. The molecule has 3 aromatic carbocycles. The lowest BCUT2D eigenvalue weighted by Crippen LogP contribution is -2.17. The highest BCUT2D eigenvalue weighted by Gasteiger charge is 2.32. The van der Waals surface area contributed by atoms with Crippen molar-refractivity contribution in [3.05, 3.63) is 77.9 Å². The van der Waals surface area contributed by atoms with Crippen LogP contribution in [0.5, 0.6) is 0 Å². The number of rotatable bonds is 8. The topological polar surface area (TPSA) is 41.0 Å². The molecule has 0 saturated heterocycles. The van der Waals surface area contributed by atoms with Gasteiger partial charge in [0, 0.05) is 17.5 Å². The average molecular weight is 493 g/mol. The van der Waals surface area contributed by atoms with Crippen molar-refractivity contribution in [1.82, 2.24) is 14.9 Å². The maximum Gasteiger partial charge on any atom is 0.416 e. The smallest absolute Gasteiger partial charge is 0.369 e. The predicted octanol–water partition coefficient (Wildman–Crippen LogP) is 7.47. The molecule has 188 valence electrons. The van der Waals surface area contributed by atoms with Gasteiger partial charge in [0.05, 0.1) is 11.1 Å². The number of aromatic nitrogens is 2. The summed E-state index contributed by atoms with van der Waals surface area (Å²) in [5.41, 5.74) is 2.58. The third-order valence-corrected chi connectivity index (χ3v) is 6.08. The third-order valence-electron chi connectivity index (χ3n) is 6.08. The molecule has 1 heterocycles. The summed E-state index contributed by atoms with van der Waals surface area (Å²) in [5, 5.41) is 4.28. The molecule has 1 aromatic heterocycles. The Morgan fingerprint density at radius 3 is 2.25 bits per heavy atom. The molecule has 4 rings (SSSR count). The number of halogens is 3. The fourth-order valence-corrected chi connectivity index (χ4v) is 4.22. The molecule has 36 heavy (non-hydrogen) atoms. The zero-order chi connectivity index (χ0) is 25.9. The quantitative estimate of drug-likeness (QED) is 0.259. The lowest BCUT2D eigenvalue weighted by molar-refractivity contribution is -0.137. The molecular weight excluding hydrogens is 461 g/mol. The van der Waals surface area contributed by atoms with Crippen molar-refractivity contribution >= 4 is 16.7 Å². The number of para-hydroxylation sites is 1. The molecule has 4 nitrogen and oxygen atoms in total. The molecule has 1 N–H and O–H groups in total. The van der Waals surface area contributed by atoms with Crippen LogP contribution in [0, 0.1) is 0 Å². The first-order valence-corrected chi connectivity index (χ1v) is 12.1. The first-order chi connectivity index (χ1) is 17.1. The monoisotopic (exact) mass is 492 g/mol. The average Bonchev–Trinajstić information content (AvgIpc) is 2.85. The summed E-state index contributed by atoms with van der Waals surface area (Å²) < 4.78 is 41.7. The first kappa shape index (κ1) is 25.6. The molecule has 7 heteroatoms. The van der Waals surface area contributed by atoms with E-state index in [4.69, 9.17) is 9.97 Å². The van der Waals surface area contributed by atoms with Crippen molar-refractivity contribution in [3.63, 3.8) is 0 Å². The number of alkyl halides is 3. The largest absolute Gasteiger partial charge is 0.416 e. The summed E-state index contributed by atoms with van der Waals surface area (Å²) in [6, 6.07) is 19.1. The van der Waals surface area contributed by atoms with E-state index in [0.717, 1.165) is 35.5 Å². The molecule has 0 spiro atoms. The Kier molecular flexibility index (Phi) is 7.59. The Labute approximate surface area is 210 Å². The van der Waals surface area contributed by atoms with Gasteiger partial charge in [-0.05, 0) is 73.9 Å². The zero-order valence-electron chi connectivity index (χ0n) is 21.0. The summed E-state index contributed by atoms with van der Waals surface area (Å²) in [7, 11) is 4.04. The number of fused-ring (bicyclic) bond motifs is 1. The van der Waals surface area contributed by atoms with E-state index in [1.165, 1.54) is 6.07 Å². The van der Waals surface area contributed by atoms with E-state index in [-0.39, 0.29) is 11.7 Å². The molecule has 0 fully saturated rings. The van der Waals surface area contributed by atoms with E-state index < -0.39 is 11.7 Å². The minimum absolute atomic E-state index is 0.194. The lowest BCUT2D eigenvalue weighted by Gasteiger charge is -2.17. The van der Waals surface area contributed by atoms with Gasteiger partial charge >= 0.3 is 6.18 Å². The Balaban J connectivity index is 1.89. The van der Waals surface area contributed by atoms with Crippen LogP contribution in [0.2, 0.25) is 0 Å². The molecule has 0 atom stereocenters. The van der Waals surface area contributed by atoms with Gasteiger partial charge in [0.1, 0.15) is 5.82 Å². The Morgan fingerprint density at radius 1 is 0.861 bits per heavy atom. The van der Waals surface area contributed by atoms with Crippen LogP contribution in [-0.4, -0.2) is 42.1 Å². The van der Waals surface area contributed by atoms with Crippen molar-refractivity contribution in [2.45, 2.75) is 32.4 Å². The summed E-state index contributed by atoms with van der Waals surface area (Å²) in [4.78, 5) is 11.7. The maximum absolute atomic E-state index is 13.9. The highest BCUT2D eigenvalue weighted by molar-refractivity contribution is 5.93. The zero-order valence-corrected chi connectivity index (χ0v) is 21.0. The Hall–Kier alpha value is -3.45. The van der Waals surface area contributed by atoms with Crippen molar-refractivity contribution in [2.75, 3.05) is 32.5 Å². The second-order valence-electron chi connectivity index (χ2n) is 9.54. The molecular formula is C29H31F3N4. The van der Waals surface area contributed by atoms with Gasteiger partial charge in [0.25, 0.3) is 0 Å². The van der Waals surface area contributed by atoms with Gasteiger partial charge in [-0.1, -0.05) is 56.3 Å². The van der Waals surface area contributed by atoms with Gasteiger partial charge in [-0.2, -0.15) is 13.2 Å². The Morgan fingerprint density at radius 2 is 1.58 bits per heavy atom. The number of hydrogen-bond acceptors (Lipinski definition) is 4. The molecule has 4 aromatic rings. The van der Waals surface area contributed by atoms with Crippen LogP contribution in [0.3, 0.4) is 0 Å². The van der Waals surface area contributed by atoms with E-state index in [9.17, 15) is 13.2 Å². The van der Waals surface area contributed by atoms with Crippen molar-refractivity contribution < 1.29 is 13.2 Å². The Bertz CT molecular complexity index is 1330. The van der Waals surface area contributed by atoms with Crippen LogP contribution in [0.25, 0.3) is 33.4 Å². The highest BCUT2D eigenvalue weighted by Crippen LogP contribution is 2.37. The summed E-state index contributed by atoms with van der Waals surface area (Å²) in [6.45, 7) is 5.76. The van der Waals surface area contributed by atoms with Crippen LogP contribution in [0.4, 0.5) is 19.0 Å². The van der Waals surface area contributed by atoms with Crippen molar-refractivity contribution in [3.8, 4) is 22.5 Å². The maximum atomic E-state index is 13.9. The predicted molar refractivity (Wildman–Crippen MR) is 141 cm³/mol. The third kappa shape index (κ3) is 5.85. The van der Waals surface area contributed by atoms with Crippen molar-refractivity contribution in [2.24, 2.45) is 0 Å². The fraction of sp³-hybridized carbons (Fsp3) is 0.310. The van der Waals surface area contributed by atoms with Crippen LogP contribution in [0.1, 0.15) is 37.3 Å². The van der Waals surface area contributed by atoms with Gasteiger partial charge in [-0.15, -0.1) is 0 Å².